The van der Waals surface area contributed by atoms with Crippen LogP contribution in [-0.2, 0) is 16.0 Å². The van der Waals surface area contributed by atoms with Crippen molar-refractivity contribution in [1.29, 1.82) is 0 Å². The summed E-state index contributed by atoms with van der Waals surface area (Å²) in [5.41, 5.74) is 6.16. The molecule has 0 bridgehead atoms. The van der Waals surface area contributed by atoms with Gasteiger partial charge in [-0.05, 0) is 42.0 Å². The van der Waals surface area contributed by atoms with E-state index in [1.165, 1.54) is 6.92 Å². The highest BCUT2D eigenvalue weighted by atomic mass is 16.3. The number of nitrogens with zero attached hydrogens (tertiary/aromatic N) is 4. The number of aliphatic hydroxyl groups is 2. The second-order valence-electron chi connectivity index (χ2n) is 10.8. The number of aromatic amines is 1. The molecule has 41 heavy (non-hydrogen) atoms. The Balaban J connectivity index is 1.20. The Morgan fingerprint density at radius 2 is 1.71 bits per heavy atom. The molecule has 3 aromatic rings. The van der Waals surface area contributed by atoms with E-state index in [2.05, 4.69) is 63.8 Å². The summed E-state index contributed by atoms with van der Waals surface area (Å²) < 4.78 is 0. The van der Waals surface area contributed by atoms with Gasteiger partial charge < -0.3 is 35.2 Å². The Hall–Kier alpha value is -4.15. The number of aromatic nitrogens is 2. The maximum atomic E-state index is 12.3. The van der Waals surface area contributed by atoms with Gasteiger partial charge in [-0.3, -0.25) is 9.59 Å². The van der Waals surface area contributed by atoms with Gasteiger partial charge in [-0.2, -0.15) is 0 Å². The van der Waals surface area contributed by atoms with E-state index in [0.29, 0.717) is 19.5 Å². The lowest BCUT2D eigenvalue weighted by molar-refractivity contribution is -0.144. The monoisotopic (exact) mass is 558 g/mol. The highest BCUT2D eigenvalue weighted by Crippen LogP contribution is 2.37. The van der Waals surface area contributed by atoms with Crippen LogP contribution in [0.1, 0.15) is 37.6 Å². The Kier molecular flexibility index (Phi) is 8.14. The van der Waals surface area contributed by atoms with Crippen LogP contribution in [-0.4, -0.2) is 92.4 Å². The first kappa shape index (κ1) is 28.4. The van der Waals surface area contributed by atoms with Crippen LogP contribution < -0.4 is 5.32 Å². The lowest BCUT2D eigenvalue weighted by atomic mass is 10.0. The molecule has 4 N–H and O–H groups in total. The Labute approximate surface area is 240 Å². The van der Waals surface area contributed by atoms with Gasteiger partial charge in [-0.25, -0.2) is 4.98 Å². The van der Waals surface area contributed by atoms with Gasteiger partial charge in [0.05, 0.1) is 17.6 Å². The molecule has 5 rings (SSSR count). The minimum Gasteiger partial charge on any atom is -0.387 e. The number of likely N-dealkylation sites (tertiary alicyclic amines) is 1. The molecule has 2 amide bonds. The van der Waals surface area contributed by atoms with Crippen LogP contribution in [0, 0.1) is 0 Å². The van der Waals surface area contributed by atoms with E-state index in [4.69, 9.17) is 0 Å². The number of amides is 2. The first-order chi connectivity index (χ1) is 19.7. The number of carbonyl (C=O) groups is 2. The third-order valence-electron chi connectivity index (χ3n) is 8.03. The fraction of sp³-hybridized carbons (Fsp3) is 0.387. The number of aliphatic hydroxyl groups excluding tert-OH is 2. The number of aryl methyl sites for hydroxylation is 1. The molecule has 1 unspecified atom stereocenters. The van der Waals surface area contributed by atoms with E-state index < -0.39 is 18.5 Å². The zero-order chi connectivity index (χ0) is 29.1. The molecule has 0 saturated carbocycles. The fourth-order valence-electron chi connectivity index (χ4n) is 5.73. The summed E-state index contributed by atoms with van der Waals surface area (Å²) in [6.45, 7) is 2.16. The summed E-state index contributed by atoms with van der Waals surface area (Å²) in [5, 5.41) is 22.4. The van der Waals surface area contributed by atoms with E-state index in [9.17, 15) is 19.8 Å². The second kappa shape index (κ2) is 11.8. The van der Waals surface area contributed by atoms with E-state index in [0.717, 1.165) is 58.7 Å². The fourth-order valence-corrected chi connectivity index (χ4v) is 5.73. The third-order valence-corrected chi connectivity index (χ3v) is 8.03. The van der Waals surface area contributed by atoms with Crippen molar-refractivity contribution >= 4 is 17.5 Å². The average Bonchev–Trinajstić information content (AvgIpc) is 3.72. The predicted molar refractivity (Wildman–Crippen MR) is 157 cm³/mol. The third kappa shape index (κ3) is 5.71. The quantitative estimate of drug-likeness (QED) is 0.318. The van der Waals surface area contributed by atoms with Crippen molar-refractivity contribution in [3.63, 3.8) is 0 Å². The van der Waals surface area contributed by atoms with Crippen LogP contribution in [0.5, 0.6) is 0 Å². The summed E-state index contributed by atoms with van der Waals surface area (Å²) in [4.78, 5) is 37.3. The Bertz CT molecular complexity index is 1420. The van der Waals surface area contributed by atoms with Gasteiger partial charge >= 0.3 is 0 Å². The molecule has 2 aliphatic rings. The molecule has 0 aliphatic carbocycles. The number of rotatable bonds is 9. The molecular formula is C31H38N6O4. The van der Waals surface area contributed by atoms with Crippen LogP contribution in [0.2, 0.25) is 0 Å². The van der Waals surface area contributed by atoms with Gasteiger partial charge in [0.25, 0.3) is 11.8 Å². The number of carbonyl (C=O) groups excluding carboxylic acids is 2. The molecule has 2 atom stereocenters. The van der Waals surface area contributed by atoms with Gasteiger partial charge in [0.15, 0.2) is 5.79 Å². The van der Waals surface area contributed by atoms with Crippen molar-refractivity contribution in [1.82, 2.24) is 30.0 Å². The summed E-state index contributed by atoms with van der Waals surface area (Å²) in [7, 11) is 3.66. The number of likely N-dealkylation sites (N-methyl/N-ethyl adjacent to an activating group) is 1. The molecule has 1 fully saturated rings. The second-order valence-corrected chi connectivity index (χ2v) is 10.8. The minimum absolute atomic E-state index is 0.267. The van der Waals surface area contributed by atoms with Gasteiger partial charge in [0.2, 0.25) is 0 Å². The number of hydrogen-bond acceptors (Lipinski definition) is 7. The van der Waals surface area contributed by atoms with E-state index in [1.54, 1.807) is 16.8 Å². The maximum absolute atomic E-state index is 12.3. The van der Waals surface area contributed by atoms with Crippen molar-refractivity contribution in [2.45, 2.75) is 44.5 Å². The van der Waals surface area contributed by atoms with Crippen LogP contribution in [0.4, 0.5) is 0 Å². The van der Waals surface area contributed by atoms with Crippen molar-refractivity contribution in [3.05, 3.63) is 72.3 Å². The van der Waals surface area contributed by atoms with E-state index in [-0.39, 0.29) is 11.8 Å². The van der Waals surface area contributed by atoms with Crippen LogP contribution in [0.15, 0.2) is 60.9 Å². The van der Waals surface area contributed by atoms with Gasteiger partial charge in [-0.15, -0.1) is 0 Å². The average molecular weight is 559 g/mol. The highest BCUT2D eigenvalue weighted by Gasteiger charge is 2.49. The van der Waals surface area contributed by atoms with Crippen molar-refractivity contribution in [3.8, 4) is 22.4 Å². The van der Waals surface area contributed by atoms with Gasteiger partial charge in [0, 0.05) is 46.2 Å². The van der Waals surface area contributed by atoms with E-state index in [1.807, 2.05) is 24.3 Å². The van der Waals surface area contributed by atoms with Crippen molar-refractivity contribution < 1.29 is 19.8 Å². The topological polar surface area (TPSA) is 125 Å². The number of imidazole rings is 1. The molecule has 216 valence electrons. The van der Waals surface area contributed by atoms with Crippen LogP contribution in [0.3, 0.4) is 0 Å². The molecule has 1 aromatic heterocycles. The van der Waals surface area contributed by atoms with Crippen molar-refractivity contribution in [2.75, 3.05) is 33.8 Å². The molecule has 1 spiro atoms. The number of nitrogens with one attached hydrogen (secondary N) is 2. The number of benzene rings is 2. The van der Waals surface area contributed by atoms with Gasteiger partial charge in [-0.1, -0.05) is 48.5 Å². The normalized spacial score (nSPS) is 18.9. The summed E-state index contributed by atoms with van der Waals surface area (Å²) in [5.74, 6) is -0.303. The highest BCUT2D eigenvalue weighted by molar-refractivity contribution is 5.80. The molecule has 2 aliphatic heterocycles. The molecule has 10 heteroatoms. The zero-order valence-electron chi connectivity index (χ0n) is 23.8. The molecule has 10 nitrogen and oxygen atoms in total. The van der Waals surface area contributed by atoms with Crippen molar-refractivity contribution in [2.24, 2.45) is 0 Å². The maximum Gasteiger partial charge on any atom is 0.251 e. The SMILES string of the molecule is C[C@H](O)C(=O)N(C)CCCc1ncc(-c2ccc(-c3ccc(C4=CN(C)C5(CCCN5C(=O)CO)N4)cc3)cc2)[nH]1. The molecule has 3 heterocycles. The summed E-state index contributed by atoms with van der Waals surface area (Å²) in [6.07, 6.45) is 6.00. The smallest absolute Gasteiger partial charge is 0.251 e. The molecule has 0 radical (unpaired) electrons. The van der Waals surface area contributed by atoms with Gasteiger partial charge in [0.1, 0.15) is 18.5 Å². The summed E-state index contributed by atoms with van der Waals surface area (Å²) >= 11 is 0. The van der Waals surface area contributed by atoms with Crippen LogP contribution in [0.25, 0.3) is 28.1 Å². The minimum atomic E-state index is -0.985. The molecule has 1 saturated heterocycles. The predicted octanol–water partition coefficient (Wildman–Crippen LogP) is 2.62. The zero-order valence-corrected chi connectivity index (χ0v) is 23.8. The summed E-state index contributed by atoms with van der Waals surface area (Å²) in [6, 6.07) is 16.7. The Morgan fingerprint density at radius 3 is 2.34 bits per heavy atom. The standard InChI is InChI=1S/C31H38N6O4/c1-21(39)30(41)35(2)16-4-6-28-32-18-26(33-28)24-11-7-22(8-12-24)23-9-13-25(14-10-23)27-19-36(3)31(34-27)15-5-17-37(31)29(40)20-38/h7-14,18-19,21,34,38-39H,4-6,15-17,20H2,1-3H3,(H,32,33)/t21-,31?/m0/s1. The first-order valence-electron chi connectivity index (χ1n) is 14.0. The number of H-pyrrole nitrogens is 1. The molecular weight excluding hydrogens is 520 g/mol. The van der Waals surface area contributed by atoms with Crippen LogP contribution >= 0.6 is 0 Å². The largest absolute Gasteiger partial charge is 0.387 e. The first-order valence-corrected chi connectivity index (χ1v) is 14.0. The van der Waals surface area contributed by atoms with E-state index >= 15 is 0 Å². The lowest BCUT2D eigenvalue weighted by Crippen LogP contribution is -2.61. The molecule has 2 aromatic carbocycles. The lowest BCUT2D eigenvalue weighted by Gasteiger charge is -2.41. The number of hydrogen-bond donors (Lipinski definition) is 4. The Morgan fingerprint density at radius 1 is 1.07 bits per heavy atom.